The van der Waals surface area contributed by atoms with Crippen molar-refractivity contribution in [2.24, 2.45) is 0 Å². The highest BCUT2D eigenvalue weighted by Gasteiger charge is 2.30. The van der Waals surface area contributed by atoms with Gasteiger partial charge in [0.05, 0.1) is 29.7 Å². The first-order chi connectivity index (χ1) is 14.3. The van der Waals surface area contributed by atoms with Gasteiger partial charge in [0, 0.05) is 6.42 Å². The van der Waals surface area contributed by atoms with Crippen molar-refractivity contribution in [3.8, 4) is 0 Å². The van der Waals surface area contributed by atoms with Crippen LogP contribution in [0.3, 0.4) is 0 Å². The maximum absolute atomic E-state index is 13.3. The van der Waals surface area contributed by atoms with Gasteiger partial charge >= 0.3 is 6.18 Å². The van der Waals surface area contributed by atoms with Gasteiger partial charge in [-0.05, 0) is 36.9 Å². The predicted octanol–water partition coefficient (Wildman–Crippen LogP) is 4.33. The monoisotopic (exact) mass is 419 g/mol. The van der Waals surface area contributed by atoms with Crippen molar-refractivity contribution >= 4 is 11.0 Å². The lowest BCUT2D eigenvalue weighted by molar-refractivity contribution is -0.137. The van der Waals surface area contributed by atoms with Gasteiger partial charge in [0.2, 0.25) is 5.89 Å². The smallest absolute Gasteiger partial charge is 0.341 e. The number of nitrogens with one attached hydrogen (secondary N) is 1. The Bertz CT molecular complexity index is 1170. The third kappa shape index (κ3) is 4.65. The molecule has 1 N–H and O–H groups in total. The number of alkyl halides is 3. The van der Waals surface area contributed by atoms with E-state index in [-0.39, 0.29) is 12.2 Å². The van der Waals surface area contributed by atoms with Crippen LogP contribution >= 0.6 is 0 Å². The van der Waals surface area contributed by atoms with Crippen molar-refractivity contribution in [3.05, 3.63) is 76.9 Å². The number of halogens is 4. The molecular formula is C20H17F4N5O. The lowest BCUT2D eigenvalue weighted by atomic mass is 10.1. The molecule has 0 bridgehead atoms. The fraction of sp³-hybridized carbons (Fsp3) is 0.250. The van der Waals surface area contributed by atoms with Crippen LogP contribution in [0.1, 0.15) is 28.7 Å². The summed E-state index contributed by atoms with van der Waals surface area (Å²) in [6.07, 6.45) is -4.27. The first-order valence-corrected chi connectivity index (χ1v) is 9.06. The molecule has 156 valence electrons. The van der Waals surface area contributed by atoms with Gasteiger partial charge in [-0.3, -0.25) is 4.90 Å². The summed E-state index contributed by atoms with van der Waals surface area (Å²) in [6, 6.07) is 9.36. The van der Waals surface area contributed by atoms with Crippen LogP contribution in [-0.2, 0) is 25.7 Å². The van der Waals surface area contributed by atoms with E-state index in [0.29, 0.717) is 47.2 Å². The Morgan fingerprint density at radius 3 is 2.70 bits per heavy atom. The van der Waals surface area contributed by atoms with Crippen LogP contribution in [0.5, 0.6) is 0 Å². The lowest BCUT2D eigenvalue weighted by Gasteiger charge is -2.11. The number of fused-ring (bicyclic) bond motifs is 1. The summed E-state index contributed by atoms with van der Waals surface area (Å²) < 4.78 is 57.0. The van der Waals surface area contributed by atoms with Gasteiger partial charge < -0.3 is 9.51 Å². The number of imidazole rings is 1. The Morgan fingerprint density at radius 1 is 1.07 bits per heavy atom. The number of aromatic nitrogens is 4. The predicted molar refractivity (Wildman–Crippen MR) is 99.8 cm³/mol. The molecule has 0 aliphatic rings. The summed E-state index contributed by atoms with van der Waals surface area (Å²) in [7, 11) is 1.82. The Labute approximate surface area is 168 Å². The number of benzene rings is 2. The lowest BCUT2D eigenvalue weighted by Crippen LogP contribution is -2.18. The molecule has 0 amide bonds. The minimum atomic E-state index is -4.40. The van der Waals surface area contributed by atoms with Gasteiger partial charge in [-0.1, -0.05) is 23.4 Å². The maximum atomic E-state index is 13.3. The molecule has 30 heavy (non-hydrogen) atoms. The number of rotatable bonds is 6. The molecule has 2 heterocycles. The van der Waals surface area contributed by atoms with Crippen LogP contribution in [0, 0.1) is 5.82 Å². The van der Waals surface area contributed by atoms with E-state index >= 15 is 0 Å². The number of nitrogens with zero attached hydrogens (tertiary/aromatic N) is 4. The largest absolute Gasteiger partial charge is 0.416 e. The molecule has 0 saturated carbocycles. The maximum Gasteiger partial charge on any atom is 0.416 e. The van der Waals surface area contributed by atoms with Crippen molar-refractivity contribution in [2.75, 3.05) is 7.05 Å². The molecule has 6 nitrogen and oxygen atoms in total. The van der Waals surface area contributed by atoms with E-state index in [1.54, 1.807) is 12.1 Å². The summed E-state index contributed by atoms with van der Waals surface area (Å²) >= 11 is 0. The average molecular weight is 419 g/mol. The SMILES string of the molecule is CN(Cc1nc2ccc(F)cc2[nH]1)Cc1nc(Cc2cccc(C(F)(F)F)c2)no1. The zero-order valence-electron chi connectivity index (χ0n) is 15.9. The van der Waals surface area contributed by atoms with Crippen molar-refractivity contribution < 1.29 is 22.1 Å². The molecule has 0 saturated heterocycles. The van der Waals surface area contributed by atoms with Crippen LogP contribution in [-0.4, -0.2) is 32.1 Å². The normalized spacial score (nSPS) is 12.2. The topological polar surface area (TPSA) is 70.8 Å². The van der Waals surface area contributed by atoms with Gasteiger partial charge in [-0.15, -0.1) is 0 Å². The van der Waals surface area contributed by atoms with E-state index in [1.165, 1.54) is 18.2 Å². The van der Waals surface area contributed by atoms with E-state index in [1.807, 2.05) is 11.9 Å². The Morgan fingerprint density at radius 2 is 1.90 bits per heavy atom. The van der Waals surface area contributed by atoms with Crippen LogP contribution in [0.25, 0.3) is 11.0 Å². The van der Waals surface area contributed by atoms with Crippen molar-refractivity contribution in [1.82, 2.24) is 25.0 Å². The van der Waals surface area contributed by atoms with Crippen LogP contribution in [0.15, 0.2) is 47.0 Å². The number of aromatic amines is 1. The molecule has 0 aliphatic carbocycles. The highest BCUT2D eigenvalue weighted by molar-refractivity contribution is 5.74. The molecular weight excluding hydrogens is 402 g/mol. The highest BCUT2D eigenvalue weighted by atomic mass is 19.4. The summed E-state index contributed by atoms with van der Waals surface area (Å²) in [5.74, 6) is 0.950. The second-order valence-electron chi connectivity index (χ2n) is 7.00. The first kappa shape index (κ1) is 20.0. The number of H-pyrrole nitrogens is 1. The fourth-order valence-corrected chi connectivity index (χ4v) is 3.12. The summed E-state index contributed by atoms with van der Waals surface area (Å²) in [5.41, 5.74) is 1.01. The Hall–Kier alpha value is -3.27. The van der Waals surface area contributed by atoms with Gasteiger partial charge in [0.25, 0.3) is 0 Å². The first-order valence-electron chi connectivity index (χ1n) is 9.06. The molecule has 0 radical (unpaired) electrons. The van der Waals surface area contributed by atoms with Crippen LogP contribution in [0.4, 0.5) is 17.6 Å². The van der Waals surface area contributed by atoms with Crippen molar-refractivity contribution in [1.29, 1.82) is 0 Å². The summed E-state index contributed by atoms with van der Waals surface area (Å²) in [5, 5.41) is 3.85. The molecule has 0 atom stereocenters. The Balaban J connectivity index is 1.39. The fourth-order valence-electron chi connectivity index (χ4n) is 3.12. The highest BCUT2D eigenvalue weighted by Crippen LogP contribution is 2.29. The second-order valence-corrected chi connectivity index (χ2v) is 7.00. The van der Waals surface area contributed by atoms with E-state index in [0.717, 1.165) is 12.1 Å². The summed E-state index contributed by atoms with van der Waals surface area (Å²) in [4.78, 5) is 13.6. The van der Waals surface area contributed by atoms with Gasteiger partial charge in [0.15, 0.2) is 5.82 Å². The molecule has 0 spiro atoms. The van der Waals surface area contributed by atoms with Gasteiger partial charge in [0.1, 0.15) is 11.6 Å². The molecule has 4 rings (SSSR count). The van der Waals surface area contributed by atoms with Crippen LogP contribution in [0.2, 0.25) is 0 Å². The average Bonchev–Trinajstić information content (AvgIpc) is 3.26. The zero-order chi connectivity index (χ0) is 21.3. The van der Waals surface area contributed by atoms with E-state index < -0.39 is 11.7 Å². The molecule has 0 fully saturated rings. The molecule has 0 aliphatic heterocycles. The third-order valence-corrected chi connectivity index (χ3v) is 4.44. The van der Waals surface area contributed by atoms with Crippen molar-refractivity contribution in [2.45, 2.75) is 25.7 Å². The quantitative estimate of drug-likeness (QED) is 0.471. The van der Waals surface area contributed by atoms with E-state index in [2.05, 4.69) is 20.1 Å². The molecule has 0 unspecified atom stereocenters. The van der Waals surface area contributed by atoms with E-state index in [4.69, 9.17) is 4.52 Å². The standard InChI is InChI=1S/C20H17F4N5O/c1-29(10-18-25-15-6-5-14(21)9-16(15)26-18)11-19-27-17(28-30-19)8-12-3-2-4-13(7-12)20(22,23)24/h2-7,9H,8,10-11H2,1H3,(H,25,26). The minimum absolute atomic E-state index is 0.131. The van der Waals surface area contributed by atoms with Crippen LogP contribution < -0.4 is 0 Å². The summed E-state index contributed by atoms with van der Waals surface area (Å²) in [6.45, 7) is 0.753. The molecule has 2 aromatic heterocycles. The van der Waals surface area contributed by atoms with Gasteiger partial charge in [-0.25, -0.2) is 9.37 Å². The second kappa shape index (κ2) is 7.86. The minimum Gasteiger partial charge on any atom is -0.341 e. The molecule has 2 aromatic carbocycles. The van der Waals surface area contributed by atoms with Crippen molar-refractivity contribution in [3.63, 3.8) is 0 Å². The molecule has 10 heteroatoms. The molecule has 4 aromatic rings. The van der Waals surface area contributed by atoms with E-state index in [9.17, 15) is 17.6 Å². The number of hydrogen-bond donors (Lipinski definition) is 1. The number of hydrogen-bond acceptors (Lipinski definition) is 5. The third-order valence-electron chi connectivity index (χ3n) is 4.44. The van der Waals surface area contributed by atoms with Gasteiger partial charge in [-0.2, -0.15) is 18.2 Å². The zero-order valence-corrected chi connectivity index (χ0v) is 15.9. The Kier molecular flexibility index (Phi) is 5.25.